The smallest absolute Gasteiger partial charge is 0.0569 e. The van der Waals surface area contributed by atoms with Crippen molar-refractivity contribution in [1.29, 1.82) is 0 Å². The lowest BCUT2D eigenvalue weighted by Crippen LogP contribution is -2.46. The van der Waals surface area contributed by atoms with Gasteiger partial charge in [0.2, 0.25) is 0 Å². The zero-order chi connectivity index (χ0) is 11.5. The molecule has 0 unspecified atom stereocenters. The van der Waals surface area contributed by atoms with Gasteiger partial charge in [-0.1, -0.05) is 0 Å². The van der Waals surface area contributed by atoms with E-state index in [-0.39, 0.29) is 0 Å². The van der Waals surface area contributed by atoms with Crippen molar-refractivity contribution in [1.82, 2.24) is 9.91 Å². The van der Waals surface area contributed by atoms with Gasteiger partial charge in [0.25, 0.3) is 0 Å². The Morgan fingerprint density at radius 3 is 2.38 bits per heavy atom. The minimum Gasteiger partial charge on any atom is -0.397 e. The van der Waals surface area contributed by atoms with Crippen LogP contribution in [-0.2, 0) is 0 Å². The molecule has 0 aliphatic carbocycles. The third kappa shape index (κ3) is 2.56. The topological polar surface area (TPSA) is 70.5 Å². The predicted octanol–water partition coefficient (Wildman–Crippen LogP) is 0.425. The molecule has 0 bridgehead atoms. The number of anilines is 3. The second kappa shape index (κ2) is 4.59. The summed E-state index contributed by atoms with van der Waals surface area (Å²) in [7, 11) is 2.14. The van der Waals surface area contributed by atoms with Crippen molar-refractivity contribution in [2.75, 3.05) is 50.1 Å². The molecule has 5 nitrogen and oxygen atoms in total. The average molecular weight is 221 g/mol. The molecule has 0 aromatic heterocycles. The zero-order valence-corrected chi connectivity index (χ0v) is 9.61. The first-order valence-electron chi connectivity index (χ1n) is 5.50. The lowest BCUT2D eigenvalue weighted by Gasteiger charge is -2.33. The fraction of sp³-hybridized carbons (Fsp3) is 0.455. The molecule has 5 N–H and O–H groups in total. The van der Waals surface area contributed by atoms with E-state index in [2.05, 4.69) is 22.4 Å². The zero-order valence-electron chi connectivity index (χ0n) is 9.61. The average Bonchev–Trinajstić information content (AvgIpc) is 2.27. The van der Waals surface area contributed by atoms with Crippen LogP contribution in [0, 0.1) is 0 Å². The summed E-state index contributed by atoms with van der Waals surface area (Å²) in [6, 6.07) is 5.64. The number of hydrogen-bond acceptors (Lipinski definition) is 5. The van der Waals surface area contributed by atoms with E-state index in [1.54, 1.807) is 0 Å². The molecule has 1 aliphatic heterocycles. The summed E-state index contributed by atoms with van der Waals surface area (Å²) in [5.41, 5.74) is 17.0. The van der Waals surface area contributed by atoms with Crippen LogP contribution >= 0.6 is 0 Å². The van der Waals surface area contributed by atoms with E-state index in [0.29, 0.717) is 11.4 Å². The number of hydrogen-bond donors (Lipinski definition) is 3. The van der Waals surface area contributed by atoms with Gasteiger partial charge in [-0.25, -0.2) is 5.01 Å². The first kappa shape index (κ1) is 11.0. The van der Waals surface area contributed by atoms with E-state index in [1.807, 2.05) is 18.2 Å². The van der Waals surface area contributed by atoms with Crippen molar-refractivity contribution in [3.8, 4) is 0 Å². The van der Waals surface area contributed by atoms with Crippen LogP contribution in [0.4, 0.5) is 17.1 Å². The van der Waals surface area contributed by atoms with Crippen molar-refractivity contribution in [2.24, 2.45) is 0 Å². The number of piperazine rings is 1. The predicted molar refractivity (Wildman–Crippen MR) is 68.0 cm³/mol. The van der Waals surface area contributed by atoms with Crippen molar-refractivity contribution >= 4 is 17.1 Å². The molecule has 0 saturated carbocycles. The molecule has 16 heavy (non-hydrogen) atoms. The molecule has 1 heterocycles. The van der Waals surface area contributed by atoms with E-state index in [1.165, 1.54) is 0 Å². The number of nitrogens with two attached hydrogens (primary N) is 2. The minimum absolute atomic E-state index is 0.624. The number of rotatable bonds is 2. The maximum Gasteiger partial charge on any atom is 0.0569 e. The molecule has 0 amide bonds. The fourth-order valence-electron chi connectivity index (χ4n) is 1.75. The highest BCUT2D eigenvalue weighted by molar-refractivity contribution is 5.69. The maximum absolute atomic E-state index is 5.76. The summed E-state index contributed by atoms with van der Waals surface area (Å²) < 4.78 is 0. The van der Waals surface area contributed by atoms with Gasteiger partial charge in [0.15, 0.2) is 0 Å². The van der Waals surface area contributed by atoms with Gasteiger partial charge in [-0.15, -0.1) is 0 Å². The first-order chi connectivity index (χ1) is 7.65. The standard InChI is InChI=1S/C11H19N5/c1-15-4-6-16(7-5-15)14-9-2-3-10(12)11(13)8-9/h2-3,8,14H,4-7,12-13H2,1H3. The molecule has 88 valence electrons. The number of likely N-dealkylation sites (N-methyl/N-ethyl adjacent to an activating group) is 1. The molecule has 1 fully saturated rings. The number of benzene rings is 1. The second-order valence-electron chi connectivity index (χ2n) is 4.25. The van der Waals surface area contributed by atoms with Crippen LogP contribution in [-0.4, -0.2) is 43.1 Å². The van der Waals surface area contributed by atoms with Gasteiger partial charge in [0.1, 0.15) is 0 Å². The van der Waals surface area contributed by atoms with E-state index in [4.69, 9.17) is 11.5 Å². The molecular weight excluding hydrogens is 202 g/mol. The summed E-state index contributed by atoms with van der Waals surface area (Å²) >= 11 is 0. The van der Waals surface area contributed by atoms with Crippen LogP contribution < -0.4 is 16.9 Å². The molecule has 1 saturated heterocycles. The molecule has 0 atom stereocenters. The van der Waals surface area contributed by atoms with E-state index in [0.717, 1.165) is 31.9 Å². The fourth-order valence-corrected chi connectivity index (χ4v) is 1.75. The minimum atomic E-state index is 0.624. The molecule has 1 aliphatic rings. The molecule has 1 aromatic carbocycles. The lowest BCUT2D eigenvalue weighted by atomic mass is 10.2. The normalized spacial score (nSPS) is 18.6. The van der Waals surface area contributed by atoms with Crippen LogP contribution in [0.3, 0.4) is 0 Å². The SMILES string of the molecule is CN1CCN(Nc2ccc(N)c(N)c2)CC1. The Labute approximate surface area is 96.0 Å². The van der Waals surface area contributed by atoms with Gasteiger partial charge in [-0.2, -0.15) is 0 Å². The van der Waals surface area contributed by atoms with Gasteiger partial charge in [0.05, 0.1) is 17.1 Å². The highest BCUT2D eigenvalue weighted by atomic mass is 15.5. The van der Waals surface area contributed by atoms with Crippen molar-refractivity contribution in [2.45, 2.75) is 0 Å². The molecule has 2 rings (SSSR count). The highest BCUT2D eigenvalue weighted by Crippen LogP contribution is 2.20. The number of hydrazine groups is 1. The monoisotopic (exact) mass is 221 g/mol. The van der Waals surface area contributed by atoms with Crippen molar-refractivity contribution < 1.29 is 0 Å². The number of nitrogens with zero attached hydrogens (tertiary/aromatic N) is 2. The van der Waals surface area contributed by atoms with Gasteiger partial charge in [-0.3, -0.25) is 0 Å². The Bertz CT molecular complexity index is 357. The third-order valence-electron chi connectivity index (χ3n) is 2.88. The summed E-state index contributed by atoms with van der Waals surface area (Å²) in [5.74, 6) is 0. The van der Waals surface area contributed by atoms with Crippen LogP contribution in [0.2, 0.25) is 0 Å². The summed E-state index contributed by atoms with van der Waals surface area (Å²) in [4.78, 5) is 2.32. The molecule has 0 spiro atoms. The van der Waals surface area contributed by atoms with Crippen LogP contribution in [0.1, 0.15) is 0 Å². The van der Waals surface area contributed by atoms with Gasteiger partial charge >= 0.3 is 0 Å². The lowest BCUT2D eigenvalue weighted by molar-refractivity contribution is 0.179. The quantitative estimate of drug-likeness (QED) is 0.632. The maximum atomic E-state index is 5.76. The highest BCUT2D eigenvalue weighted by Gasteiger charge is 2.13. The van der Waals surface area contributed by atoms with Crippen molar-refractivity contribution in [3.63, 3.8) is 0 Å². The summed E-state index contributed by atoms with van der Waals surface area (Å²) in [6.07, 6.45) is 0. The van der Waals surface area contributed by atoms with E-state index < -0.39 is 0 Å². The number of nitrogens with one attached hydrogen (secondary N) is 1. The van der Waals surface area contributed by atoms with Gasteiger partial charge in [-0.05, 0) is 25.2 Å². The molecule has 0 radical (unpaired) electrons. The molecule has 5 heteroatoms. The first-order valence-corrected chi connectivity index (χ1v) is 5.50. The van der Waals surface area contributed by atoms with Gasteiger partial charge in [0, 0.05) is 26.2 Å². The molecule has 1 aromatic rings. The largest absolute Gasteiger partial charge is 0.397 e. The van der Waals surface area contributed by atoms with Crippen LogP contribution in [0.25, 0.3) is 0 Å². The third-order valence-corrected chi connectivity index (χ3v) is 2.88. The van der Waals surface area contributed by atoms with E-state index in [9.17, 15) is 0 Å². The van der Waals surface area contributed by atoms with Crippen LogP contribution in [0.15, 0.2) is 18.2 Å². The number of nitrogen functional groups attached to an aromatic ring is 2. The Balaban J connectivity index is 1.96. The Morgan fingerprint density at radius 1 is 1.06 bits per heavy atom. The van der Waals surface area contributed by atoms with E-state index >= 15 is 0 Å². The summed E-state index contributed by atoms with van der Waals surface area (Å²) in [5, 5.41) is 2.20. The molecular formula is C11H19N5. The second-order valence-corrected chi connectivity index (χ2v) is 4.25. The Kier molecular flexibility index (Phi) is 3.17. The van der Waals surface area contributed by atoms with Crippen molar-refractivity contribution in [3.05, 3.63) is 18.2 Å². The Hall–Kier alpha value is -1.46. The summed E-state index contributed by atoms with van der Waals surface area (Å²) in [6.45, 7) is 4.19. The Morgan fingerprint density at radius 2 is 1.75 bits per heavy atom. The van der Waals surface area contributed by atoms with Crippen LogP contribution in [0.5, 0.6) is 0 Å². The van der Waals surface area contributed by atoms with Gasteiger partial charge < -0.3 is 21.8 Å².